The van der Waals surface area contributed by atoms with Crippen LogP contribution in [0.15, 0.2) is 54.6 Å². The number of nitrogens with two attached hydrogens (primary N) is 2. The molecule has 0 saturated heterocycles. The first-order chi connectivity index (χ1) is 13.2. The molecule has 2 aromatic heterocycles. The molecule has 0 aliphatic carbocycles. The lowest BCUT2D eigenvalue weighted by molar-refractivity contribution is 0.858. The summed E-state index contributed by atoms with van der Waals surface area (Å²) in [6, 6.07) is 18.2. The van der Waals surface area contributed by atoms with Gasteiger partial charge in [0.25, 0.3) is 0 Å². The summed E-state index contributed by atoms with van der Waals surface area (Å²) in [6.07, 6.45) is 2.02. The first-order valence-corrected chi connectivity index (χ1v) is 8.85. The predicted molar refractivity (Wildman–Crippen MR) is 109 cm³/mol. The largest absolute Gasteiger partial charge is 0.382 e. The van der Waals surface area contributed by atoms with Crippen LogP contribution >= 0.6 is 0 Å². The van der Waals surface area contributed by atoms with Crippen LogP contribution in [0.2, 0.25) is 0 Å². The van der Waals surface area contributed by atoms with Crippen LogP contribution in [0.1, 0.15) is 12.0 Å². The van der Waals surface area contributed by atoms with Crippen LogP contribution in [-0.2, 0) is 6.42 Å². The molecule has 0 saturated carbocycles. The van der Waals surface area contributed by atoms with Gasteiger partial charge in [0, 0.05) is 23.6 Å². The van der Waals surface area contributed by atoms with Gasteiger partial charge in [-0.3, -0.25) is 5.10 Å². The smallest absolute Gasteiger partial charge is 0.222 e. The van der Waals surface area contributed by atoms with E-state index in [2.05, 4.69) is 49.7 Å². The van der Waals surface area contributed by atoms with Crippen molar-refractivity contribution in [2.45, 2.75) is 12.8 Å². The zero-order valence-corrected chi connectivity index (χ0v) is 14.8. The van der Waals surface area contributed by atoms with Gasteiger partial charge in [-0.25, -0.2) is 4.98 Å². The van der Waals surface area contributed by atoms with E-state index in [-0.39, 0.29) is 5.95 Å². The van der Waals surface area contributed by atoms with E-state index >= 15 is 0 Å². The summed E-state index contributed by atoms with van der Waals surface area (Å²) in [4.78, 5) is 8.64. The Kier molecular flexibility index (Phi) is 4.57. The number of hydrogen-bond acceptors (Lipinski definition) is 6. The number of fused-ring (bicyclic) bond motifs is 1. The average molecular weight is 359 g/mol. The molecule has 4 rings (SSSR count). The van der Waals surface area contributed by atoms with Crippen molar-refractivity contribution in [1.82, 2.24) is 20.2 Å². The van der Waals surface area contributed by atoms with E-state index in [0.717, 1.165) is 47.4 Å². The summed E-state index contributed by atoms with van der Waals surface area (Å²) < 4.78 is 0. The van der Waals surface area contributed by atoms with Crippen LogP contribution in [0.25, 0.3) is 22.2 Å². The maximum Gasteiger partial charge on any atom is 0.222 e. The van der Waals surface area contributed by atoms with Crippen LogP contribution in [-0.4, -0.2) is 26.7 Å². The normalized spacial score (nSPS) is 11.0. The number of H-pyrrole nitrogens is 1. The number of nitrogen functional groups attached to an aromatic ring is 2. The zero-order valence-electron chi connectivity index (χ0n) is 14.8. The van der Waals surface area contributed by atoms with Crippen LogP contribution in [0.4, 0.5) is 17.6 Å². The van der Waals surface area contributed by atoms with E-state index in [1.807, 2.05) is 30.3 Å². The van der Waals surface area contributed by atoms with Crippen LogP contribution in [0.3, 0.4) is 0 Å². The van der Waals surface area contributed by atoms with Gasteiger partial charge in [0.2, 0.25) is 5.95 Å². The second-order valence-electron chi connectivity index (χ2n) is 6.38. The lowest BCUT2D eigenvalue weighted by Crippen LogP contribution is -2.07. The van der Waals surface area contributed by atoms with Crippen LogP contribution < -0.4 is 16.8 Å². The fraction of sp³-hybridized carbons (Fsp3) is 0.150. The van der Waals surface area contributed by atoms with Crippen molar-refractivity contribution >= 4 is 28.5 Å². The van der Waals surface area contributed by atoms with Gasteiger partial charge in [-0.1, -0.05) is 36.4 Å². The fourth-order valence-corrected chi connectivity index (χ4v) is 3.06. The molecule has 0 bridgehead atoms. The van der Waals surface area contributed by atoms with E-state index < -0.39 is 0 Å². The Bertz CT molecular complexity index is 1060. The van der Waals surface area contributed by atoms with Crippen molar-refractivity contribution in [2.24, 2.45) is 0 Å². The Balaban J connectivity index is 1.47. The third-order valence-electron chi connectivity index (χ3n) is 4.42. The van der Waals surface area contributed by atoms with E-state index in [1.165, 1.54) is 5.56 Å². The number of aryl methyl sites for hydroxylation is 1. The maximum absolute atomic E-state index is 5.91. The molecule has 6 N–H and O–H groups in total. The third-order valence-corrected chi connectivity index (χ3v) is 4.42. The van der Waals surface area contributed by atoms with Gasteiger partial charge < -0.3 is 16.8 Å². The Morgan fingerprint density at radius 2 is 1.81 bits per heavy atom. The second-order valence-corrected chi connectivity index (χ2v) is 6.38. The van der Waals surface area contributed by atoms with E-state index in [1.54, 1.807) is 0 Å². The highest BCUT2D eigenvalue weighted by atomic mass is 15.1. The van der Waals surface area contributed by atoms with Gasteiger partial charge in [-0.05, 0) is 30.5 Å². The topological polar surface area (TPSA) is 119 Å². The molecule has 0 fully saturated rings. The fourth-order valence-electron chi connectivity index (χ4n) is 3.06. The minimum atomic E-state index is 0.238. The van der Waals surface area contributed by atoms with Crippen molar-refractivity contribution in [3.05, 3.63) is 60.2 Å². The van der Waals surface area contributed by atoms with E-state index in [0.29, 0.717) is 5.82 Å². The molecular weight excluding hydrogens is 338 g/mol. The van der Waals surface area contributed by atoms with Gasteiger partial charge in [-0.2, -0.15) is 10.1 Å². The van der Waals surface area contributed by atoms with Crippen molar-refractivity contribution in [3.8, 4) is 11.3 Å². The quantitative estimate of drug-likeness (QED) is 0.393. The Morgan fingerprint density at radius 3 is 2.67 bits per heavy atom. The molecule has 7 nitrogen and oxygen atoms in total. The Labute approximate surface area is 156 Å². The number of rotatable bonds is 6. The molecule has 0 aliphatic heterocycles. The van der Waals surface area contributed by atoms with Crippen molar-refractivity contribution < 1.29 is 0 Å². The molecule has 0 spiro atoms. The molecule has 0 amide bonds. The first kappa shape index (κ1) is 16.8. The molecule has 0 unspecified atom stereocenters. The summed E-state index contributed by atoms with van der Waals surface area (Å²) in [5, 5.41) is 11.2. The highest BCUT2D eigenvalue weighted by molar-refractivity contribution is 5.91. The number of hydrogen-bond donors (Lipinski definition) is 4. The molecule has 27 heavy (non-hydrogen) atoms. The summed E-state index contributed by atoms with van der Waals surface area (Å²) in [5.74, 6) is 1.44. The molecule has 0 aliphatic rings. The lowest BCUT2D eigenvalue weighted by Gasteiger charge is -2.09. The zero-order chi connectivity index (χ0) is 18.6. The second kappa shape index (κ2) is 7.33. The maximum atomic E-state index is 5.91. The first-order valence-electron chi connectivity index (χ1n) is 8.85. The molecular formula is C20H21N7. The molecule has 0 radical (unpaired) electrons. The minimum absolute atomic E-state index is 0.238. The number of aromatic nitrogens is 4. The summed E-state index contributed by atoms with van der Waals surface area (Å²) in [5.41, 5.74) is 15.6. The molecule has 7 heteroatoms. The van der Waals surface area contributed by atoms with Crippen LogP contribution in [0, 0.1) is 0 Å². The van der Waals surface area contributed by atoms with Crippen molar-refractivity contribution in [2.75, 3.05) is 23.3 Å². The van der Waals surface area contributed by atoms with Gasteiger partial charge in [0.05, 0.1) is 11.2 Å². The lowest BCUT2D eigenvalue weighted by atomic mass is 10.1. The number of nitrogens with zero attached hydrogens (tertiary/aromatic N) is 3. The van der Waals surface area contributed by atoms with Gasteiger partial charge in [0.1, 0.15) is 5.82 Å². The summed E-state index contributed by atoms with van der Waals surface area (Å²) in [7, 11) is 0. The number of anilines is 3. The molecule has 0 atom stereocenters. The van der Waals surface area contributed by atoms with Crippen LogP contribution in [0.5, 0.6) is 0 Å². The summed E-state index contributed by atoms with van der Waals surface area (Å²) in [6.45, 7) is 0.806. The molecule has 4 aromatic rings. The highest BCUT2D eigenvalue weighted by Gasteiger charge is 2.08. The van der Waals surface area contributed by atoms with E-state index in [9.17, 15) is 0 Å². The standard InChI is InChI=1S/C20H21N7/c21-19-15-9-8-14(11-17(15)26-27-19)16-12-18(25-20(22)24-16)23-10-4-7-13-5-2-1-3-6-13/h1-3,5-6,8-9,11-12H,4,7,10H2,(H3,21,26,27)(H3,22,23,24,25). The Hall–Kier alpha value is -3.61. The Morgan fingerprint density at radius 1 is 0.963 bits per heavy atom. The SMILES string of the molecule is Nc1nc(NCCCc2ccccc2)cc(-c2ccc3c(N)n[nH]c3c2)n1. The number of aromatic amines is 1. The van der Waals surface area contributed by atoms with Crippen molar-refractivity contribution in [3.63, 3.8) is 0 Å². The minimum Gasteiger partial charge on any atom is -0.382 e. The summed E-state index contributed by atoms with van der Waals surface area (Å²) >= 11 is 0. The molecule has 2 aromatic carbocycles. The van der Waals surface area contributed by atoms with Gasteiger partial charge in [0.15, 0.2) is 5.82 Å². The molecule has 136 valence electrons. The monoisotopic (exact) mass is 359 g/mol. The highest BCUT2D eigenvalue weighted by Crippen LogP contribution is 2.26. The van der Waals surface area contributed by atoms with E-state index in [4.69, 9.17) is 11.5 Å². The van der Waals surface area contributed by atoms with Gasteiger partial charge >= 0.3 is 0 Å². The number of nitrogens with one attached hydrogen (secondary N) is 2. The van der Waals surface area contributed by atoms with Crippen molar-refractivity contribution in [1.29, 1.82) is 0 Å². The van der Waals surface area contributed by atoms with Gasteiger partial charge in [-0.15, -0.1) is 0 Å². The number of benzene rings is 2. The average Bonchev–Trinajstić information content (AvgIpc) is 3.06. The third kappa shape index (κ3) is 3.82. The predicted octanol–water partition coefficient (Wildman–Crippen LogP) is 3.23. The molecule has 2 heterocycles.